The Bertz CT molecular complexity index is 1470. The maximum absolute atomic E-state index is 6.11. The summed E-state index contributed by atoms with van der Waals surface area (Å²) in [4.78, 5) is 10.2. The van der Waals surface area contributed by atoms with Crippen LogP contribution in [0, 0.1) is 0 Å². The van der Waals surface area contributed by atoms with E-state index in [2.05, 4.69) is 75.5 Å². The van der Waals surface area contributed by atoms with Gasteiger partial charge in [-0.15, -0.1) is 0 Å². The summed E-state index contributed by atoms with van der Waals surface area (Å²) in [6.07, 6.45) is 1.89. The van der Waals surface area contributed by atoms with Crippen LogP contribution in [0.4, 0.5) is 11.6 Å². The van der Waals surface area contributed by atoms with Crippen LogP contribution in [-0.4, -0.2) is 23.1 Å². The molecule has 3 N–H and O–H groups in total. The molecule has 0 radical (unpaired) electrons. The first kappa shape index (κ1) is 18.7. The third-order valence-corrected chi connectivity index (χ3v) is 6.32. The van der Waals surface area contributed by atoms with E-state index in [-0.39, 0.29) is 0 Å². The maximum Gasteiger partial charge on any atom is 0.353 e. The Morgan fingerprint density at radius 2 is 1.88 bits per heavy atom. The predicted molar refractivity (Wildman–Crippen MR) is 128 cm³/mol. The lowest BCUT2D eigenvalue weighted by Gasteiger charge is -2.23. The third kappa shape index (κ3) is 3.03. The molecule has 158 valence electrons. The number of hydrogen-bond donors (Lipinski definition) is 2. The second kappa shape index (κ2) is 7.27. The number of imidazole rings is 1. The van der Waals surface area contributed by atoms with E-state index in [0.29, 0.717) is 12.6 Å². The van der Waals surface area contributed by atoms with Gasteiger partial charge in [0.1, 0.15) is 23.4 Å². The van der Waals surface area contributed by atoms with Gasteiger partial charge in [0.05, 0.1) is 19.1 Å². The fourth-order valence-corrected chi connectivity index (χ4v) is 4.60. The lowest BCUT2D eigenvalue weighted by Crippen LogP contribution is -2.29. The number of rotatable bonds is 2. The minimum atomic E-state index is 0.646. The van der Waals surface area contributed by atoms with E-state index in [4.69, 9.17) is 10.5 Å². The number of nitrogens with zero attached hydrogens (tertiary/aromatic N) is 3. The molecule has 0 amide bonds. The molecule has 5 aromatic rings. The van der Waals surface area contributed by atoms with Gasteiger partial charge in [0.25, 0.3) is 0 Å². The lowest BCUT2D eigenvalue weighted by molar-refractivity contribution is -0.629. The number of aromatic nitrogens is 3. The summed E-state index contributed by atoms with van der Waals surface area (Å²) in [5.41, 5.74) is 13.8. The van der Waals surface area contributed by atoms with Crippen molar-refractivity contribution in [2.24, 2.45) is 7.05 Å². The predicted octanol–water partition coefficient (Wildman–Crippen LogP) is 4.19. The zero-order chi connectivity index (χ0) is 21.7. The Morgan fingerprint density at radius 1 is 1.03 bits per heavy atom. The van der Waals surface area contributed by atoms with Crippen LogP contribution >= 0.6 is 0 Å². The van der Waals surface area contributed by atoms with Gasteiger partial charge in [0, 0.05) is 29.4 Å². The normalized spacial score (nSPS) is 13.7. The summed E-state index contributed by atoms with van der Waals surface area (Å²) in [6, 6.07) is 23.2. The molecule has 6 nitrogen and oxygen atoms in total. The van der Waals surface area contributed by atoms with Gasteiger partial charge >= 0.3 is 5.95 Å². The second-order valence-corrected chi connectivity index (χ2v) is 8.24. The second-order valence-electron chi connectivity index (χ2n) is 8.24. The molecule has 2 aromatic heterocycles. The third-order valence-electron chi connectivity index (χ3n) is 6.32. The Balaban J connectivity index is 1.40. The number of aryl methyl sites for hydroxylation is 1. The number of aromatic amines is 1. The number of fused-ring (bicyclic) bond motifs is 3. The highest BCUT2D eigenvalue weighted by atomic mass is 16.5. The van der Waals surface area contributed by atoms with Crippen LogP contribution < -0.4 is 19.9 Å². The first-order valence-electron chi connectivity index (χ1n) is 10.8. The number of anilines is 2. The van der Waals surface area contributed by atoms with Gasteiger partial charge in [-0.05, 0) is 47.5 Å². The molecule has 6 heteroatoms. The first-order valence-corrected chi connectivity index (χ1v) is 10.8. The topological polar surface area (TPSA) is 71.0 Å². The molecule has 3 heterocycles. The molecule has 6 rings (SSSR count). The number of nitrogen functional groups attached to an aromatic ring is 1. The number of nitrogens with one attached hydrogen (secondary N) is 1. The molecule has 0 saturated carbocycles. The standard InChI is InChI=1S/C26H23N5O/c1-30-24-8-6-18(15-22(24)29-26(30)27)17-7-9-25-19(14-17)16-31(12-13-32-25)23-10-11-28-21-5-3-2-4-20(21)23/h2-11,14-15H,12-13,16H2,1H3,(H2,27,29)/p+1. The molecule has 3 aromatic carbocycles. The summed E-state index contributed by atoms with van der Waals surface area (Å²) >= 11 is 0. The fourth-order valence-electron chi connectivity index (χ4n) is 4.60. The molecule has 0 saturated heterocycles. The number of pyridine rings is 1. The van der Waals surface area contributed by atoms with Crippen LogP contribution in [0.25, 0.3) is 33.1 Å². The lowest BCUT2D eigenvalue weighted by atomic mass is 10.0. The van der Waals surface area contributed by atoms with Gasteiger partial charge in [-0.1, -0.05) is 30.3 Å². The number of para-hydroxylation sites is 1. The van der Waals surface area contributed by atoms with E-state index >= 15 is 0 Å². The summed E-state index contributed by atoms with van der Waals surface area (Å²) in [6.45, 7) is 2.25. The van der Waals surface area contributed by atoms with E-state index in [1.165, 1.54) is 11.3 Å². The number of hydrogen-bond acceptors (Lipinski definition) is 4. The van der Waals surface area contributed by atoms with Gasteiger partial charge in [0.15, 0.2) is 0 Å². The van der Waals surface area contributed by atoms with Crippen molar-refractivity contribution >= 4 is 33.6 Å². The average Bonchev–Trinajstić information content (AvgIpc) is 2.98. The molecule has 1 aliphatic rings. The highest BCUT2D eigenvalue weighted by Gasteiger charge is 2.19. The molecular formula is C26H24N5O+. The smallest absolute Gasteiger partial charge is 0.353 e. The molecule has 0 bridgehead atoms. The van der Waals surface area contributed by atoms with E-state index in [1.807, 2.05) is 23.9 Å². The monoisotopic (exact) mass is 422 g/mol. The van der Waals surface area contributed by atoms with Gasteiger partial charge in [-0.25, -0.2) is 9.55 Å². The molecule has 32 heavy (non-hydrogen) atoms. The SMILES string of the molecule is C[n+]1c(N)[nH]c2cc(-c3ccc4c(c3)CN(c3ccnc5ccccc35)CCO4)ccc21. The minimum absolute atomic E-state index is 0.646. The highest BCUT2D eigenvalue weighted by molar-refractivity contribution is 5.91. The van der Waals surface area contributed by atoms with Crippen molar-refractivity contribution in [2.75, 3.05) is 23.8 Å². The maximum atomic E-state index is 6.11. The largest absolute Gasteiger partial charge is 0.491 e. The van der Waals surface area contributed by atoms with Gasteiger partial charge < -0.3 is 9.64 Å². The van der Waals surface area contributed by atoms with Crippen molar-refractivity contribution in [3.05, 3.63) is 78.5 Å². The van der Waals surface area contributed by atoms with E-state index in [0.717, 1.165) is 51.9 Å². The van der Waals surface area contributed by atoms with E-state index in [1.54, 1.807) is 0 Å². The molecule has 0 unspecified atom stereocenters. The minimum Gasteiger partial charge on any atom is -0.491 e. The number of ether oxygens (including phenoxy) is 1. The van der Waals surface area contributed by atoms with E-state index in [9.17, 15) is 0 Å². The van der Waals surface area contributed by atoms with Crippen LogP contribution in [-0.2, 0) is 13.6 Å². The van der Waals surface area contributed by atoms with Gasteiger partial charge in [0.2, 0.25) is 0 Å². The summed E-state index contributed by atoms with van der Waals surface area (Å²) < 4.78 is 8.07. The molecule has 0 spiro atoms. The van der Waals surface area contributed by atoms with Crippen molar-refractivity contribution < 1.29 is 9.30 Å². The van der Waals surface area contributed by atoms with Crippen LogP contribution in [0.3, 0.4) is 0 Å². The Kier molecular flexibility index (Phi) is 4.24. The van der Waals surface area contributed by atoms with Crippen molar-refractivity contribution in [2.45, 2.75) is 6.54 Å². The summed E-state index contributed by atoms with van der Waals surface area (Å²) in [5, 5.41) is 1.16. The molecule has 0 fully saturated rings. The fraction of sp³-hybridized carbons (Fsp3) is 0.154. The zero-order valence-corrected chi connectivity index (χ0v) is 17.9. The summed E-state index contributed by atoms with van der Waals surface area (Å²) in [7, 11) is 1.96. The molecule has 1 aliphatic heterocycles. The van der Waals surface area contributed by atoms with Gasteiger partial charge in [-0.2, -0.15) is 0 Å². The Morgan fingerprint density at radius 3 is 2.81 bits per heavy atom. The van der Waals surface area contributed by atoms with Gasteiger partial charge in [-0.3, -0.25) is 10.7 Å². The van der Waals surface area contributed by atoms with Crippen molar-refractivity contribution in [1.82, 2.24) is 9.97 Å². The van der Waals surface area contributed by atoms with E-state index < -0.39 is 0 Å². The van der Waals surface area contributed by atoms with Crippen molar-refractivity contribution in [3.8, 4) is 16.9 Å². The quantitative estimate of drug-likeness (QED) is 0.419. The average molecular weight is 423 g/mol. The Hall–Kier alpha value is -4.06. The Labute approximate surface area is 185 Å². The van der Waals surface area contributed by atoms with Crippen LogP contribution in [0.2, 0.25) is 0 Å². The molecular weight excluding hydrogens is 398 g/mol. The van der Waals surface area contributed by atoms with Crippen LogP contribution in [0.5, 0.6) is 5.75 Å². The number of nitrogens with two attached hydrogens (primary N) is 1. The highest BCUT2D eigenvalue weighted by Crippen LogP contribution is 2.33. The first-order chi connectivity index (χ1) is 15.7. The zero-order valence-electron chi connectivity index (χ0n) is 17.9. The molecule has 0 aliphatic carbocycles. The van der Waals surface area contributed by atoms with Crippen LogP contribution in [0.15, 0.2) is 72.9 Å². The van der Waals surface area contributed by atoms with Crippen LogP contribution in [0.1, 0.15) is 5.56 Å². The van der Waals surface area contributed by atoms with Crippen molar-refractivity contribution in [1.29, 1.82) is 0 Å². The summed E-state index contributed by atoms with van der Waals surface area (Å²) in [5.74, 6) is 1.60. The number of benzene rings is 3. The van der Waals surface area contributed by atoms with Crippen molar-refractivity contribution in [3.63, 3.8) is 0 Å². The molecule has 0 atom stereocenters. The number of H-pyrrole nitrogens is 1.